The Kier molecular flexibility index (Phi) is 4.48. The lowest BCUT2D eigenvalue weighted by Crippen LogP contribution is -2.36. The number of aromatic nitrogens is 2. The molecule has 2 heterocycles. The smallest absolute Gasteiger partial charge is 0.410 e. The second-order valence-electron chi connectivity index (χ2n) is 6.03. The van der Waals surface area contributed by atoms with Crippen LogP contribution in [0.3, 0.4) is 0 Å². The molecule has 2 rings (SSSR count). The van der Waals surface area contributed by atoms with Gasteiger partial charge in [-0.15, -0.1) is 0 Å². The molecule has 8 heteroatoms. The van der Waals surface area contributed by atoms with Crippen molar-refractivity contribution >= 4 is 22.0 Å². The number of ether oxygens (including phenoxy) is 2. The number of likely N-dealkylation sites (tertiary alicyclic amines) is 1. The number of halogens is 1. The zero-order valence-electron chi connectivity index (χ0n) is 12.5. The van der Waals surface area contributed by atoms with Gasteiger partial charge in [0.15, 0.2) is 5.75 Å². The first kappa shape index (κ1) is 16.1. The summed E-state index contributed by atoms with van der Waals surface area (Å²) in [5.74, 6) is 0.535. The zero-order chi connectivity index (χ0) is 15.8. The second-order valence-corrected chi connectivity index (χ2v) is 6.78. The molecule has 1 aliphatic heterocycles. The van der Waals surface area contributed by atoms with Crippen LogP contribution in [0.15, 0.2) is 10.8 Å². The normalized spacial score (nSPS) is 22.5. The number of rotatable bonds is 2. The summed E-state index contributed by atoms with van der Waals surface area (Å²) in [6, 6.07) is 0. The molecule has 1 saturated heterocycles. The van der Waals surface area contributed by atoms with E-state index in [0.717, 1.165) is 0 Å². The van der Waals surface area contributed by atoms with Crippen LogP contribution in [0.5, 0.6) is 5.75 Å². The van der Waals surface area contributed by atoms with E-state index >= 15 is 0 Å². The van der Waals surface area contributed by atoms with E-state index in [4.69, 9.17) is 9.47 Å². The predicted octanol–water partition coefficient (Wildman–Crippen LogP) is 1.54. The van der Waals surface area contributed by atoms with Crippen LogP contribution in [-0.2, 0) is 11.8 Å². The maximum atomic E-state index is 12.0. The number of hydrogen-bond acceptors (Lipinski definition) is 5. The third kappa shape index (κ3) is 3.88. The van der Waals surface area contributed by atoms with Gasteiger partial charge in [0.25, 0.3) is 0 Å². The van der Waals surface area contributed by atoms with Crippen LogP contribution < -0.4 is 4.74 Å². The maximum Gasteiger partial charge on any atom is 0.410 e. The van der Waals surface area contributed by atoms with Gasteiger partial charge in [0.2, 0.25) is 0 Å². The predicted molar refractivity (Wildman–Crippen MR) is 79.1 cm³/mol. The Bertz CT molecular complexity index is 526. The number of carbonyl (C=O) groups excluding carboxylic acids is 1. The van der Waals surface area contributed by atoms with E-state index in [1.807, 2.05) is 0 Å². The number of aryl methyl sites for hydroxylation is 1. The van der Waals surface area contributed by atoms with Crippen molar-refractivity contribution in [2.75, 3.05) is 13.1 Å². The molecule has 1 aliphatic rings. The van der Waals surface area contributed by atoms with Crippen molar-refractivity contribution in [3.63, 3.8) is 0 Å². The number of nitrogens with zero attached hydrogens (tertiary/aromatic N) is 3. The third-order valence-corrected chi connectivity index (χ3v) is 3.91. The fraction of sp³-hybridized carbons (Fsp3) is 0.692. The number of carbonyl (C=O) groups is 1. The van der Waals surface area contributed by atoms with Gasteiger partial charge in [-0.1, -0.05) is 0 Å². The first-order chi connectivity index (χ1) is 9.67. The first-order valence-electron chi connectivity index (χ1n) is 6.67. The third-order valence-electron chi connectivity index (χ3n) is 3.00. The second kappa shape index (κ2) is 5.84. The average Bonchev–Trinajstić information content (AvgIpc) is 2.86. The van der Waals surface area contributed by atoms with Gasteiger partial charge in [-0.05, 0) is 36.7 Å². The Balaban J connectivity index is 1.98. The summed E-state index contributed by atoms with van der Waals surface area (Å²) in [5.41, 5.74) is -0.562. The molecule has 118 valence electrons. The molecular formula is C13H20BrN3O4. The fourth-order valence-corrected chi connectivity index (χ4v) is 2.28. The Morgan fingerprint density at radius 1 is 1.48 bits per heavy atom. The highest BCUT2D eigenvalue weighted by Crippen LogP contribution is 2.27. The minimum absolute atomic E-state index is 0.192. The average molecular weight is 362 g/mol. The summed E-state index contributed by atoms with van der Waals surface area (Å²) in [7, 11) is 1.77. The molecule has 1 fully saturated rings. The Morgan fingerprint density at radius 3 is 2.67 bits per heavy atom. The highest BCUT2D eigenvalue weighted by Gasteiger charge is 2.38. The minimum Gasteiger partial charge on any atom is -0.481 e. The molecule has 1 aromatic heterocycles. The summed E-state index contributed by atoms with van der Waals surface area (Å²) in [6.07, 6.45) is -0.145. The lowest BCUT2D eigenvalue weighted by Gasteiger charge is -2.24. The van der Waals surface area contributed by atoms with Crippen molar-refractivity contribution in [2.24, 2.45) is 7.05 Å². The zero-order valence-corrected chi connectivity index (χ0v) is 14.1. The molecular weight excluding hydrogens is 342 g/mol. The van der Waals surface area contributed by atoms with E-state index in [1.165, 1.54) is 4.90 Å². The van der Waals surface area contributed by atoms with Crippen LogP contribution in [0.2, 0.25) is 0 Å². The molecule has 21 heavy (non-hydrogen) atoms. The van der Waals surface area contributed by atoms with Crippen LogP contribution in [0, 0.1) is 0 Å². The number of β-amino-alcohol motifs (C(OH)–C–C–N with tert-alkyl or cyclic N) is 1. The Labute approximate surface area is 131 Å². The number of aliphatic hydroxyl groups is 1. The first-order valence-corrected chi connectivity index (χ1v) is 7.47. The van der Waals surface area contributed by atoms with Crippen LogP contribution >= 0.6 is 15.9 Å². The molecule has 1 aromatic rings. The number of aliphatic hydroxyl groups excluding tert-OH is 1. The number of hydrogen-bond donors (Lipinski definition) is 1. The van der Waals surface area contributed by atoms with E-state index in [0.29, 0.717) is 10.4 Å². The topological polar surface area (TPSA) is 76.8 Å². The number of amides is 1. The van der Waals surface area contributed by atoms with Crippen LogP contribution in [0.1, 0.15) is 20.8 Å². The van der Waals surface area contributed by atoms with Crippen LogP contribution in [0.4, 0.5) is 4.79 Å². The van der Waals surface area contributed by atoms with Crippen molar-refractivity contribution < 1.29 is 19.4 Å². The maximum absolute atomic E-state index is 12.0. The van der Waals surface area contributed by atoms with Gasteiger partial charge in [-0.2, -0.15) is 5.10 Å². The molecule has 0 radical (unpaired) electrons. The molecule has 0 unspecified atom stereocenters. The van der Waals surface area contributed by atoms with E-state index in [2.05, 4.69) is 21.0 Å². The quantitative estimate of drug-likeness (QED) is 0.864. The van der Waals surface area contributed by atoms with Crippen LogP contribution in [0.25, 0.3) is 0 Å². The van der Waals surface area contributed by atoms with Gasteiger partial charge >= 0.3 is 6.09 Å². The van der Waals surface area contributed by atoms with Crippen molar-refractivity contribution in [1.82, 2.24) is 14.7 Å². The SMILES string of the molecule is Cn1ncc(O[C@@H]2CN(C(=O)OC(C)(C)C)C[C@H]2O)c1Br. The Morgan fingerprint density at radius 2 is 2.14 bits per heavy atom. The van der Waals surface area contributed by atoms with E-state index in [9.17, 15) is 9.90 Å². The highest BCUT2D eigenvalue weighted by molar-refractivity contribution is 9.10. The molecule has 1 N–H and O–H groups in total. The summed E-state index contributed by atoms with van der Waals surface area (Å²) >= 11 is 3.35. The lowest BCUT2D eigenvalue weighted by atomic mass is 10.2. The van der Waals surface area contributed by atoms with Gasteiger partial charge in [-0.25, -0.2) is 4.79 Å². The molecule has 7 nitrogen and oxygen atoms in total. The van der Waals surface area contributed by atoms with Crippen molar-refractivity contribution in [3.8, 4) is 5.75 Å². The molecule has 1 amide bonds. The van der Waals surface area contributed by atoms with E-state index in [1.54, 1.807) is 38.7 Å². The van der Waals surface area contributed by atoms with Gasteiger partial charge < -0.3 is 19.5 Å². The molecule has 2 atom stereocenters. The summed E-state index contributed by atoms with van der Waals surface area (Å²) in [5, 5.41) is 14.1. The van der Waals surface area contributed by atoms with E-state index < -0.39 is 23.9 Å². The molecule has 0 spiro atoms. The van der Waals surface area contributed by atoms with Crippen molar-refractivity contribution in [2.45, 2.75) is 38.6 Å². The van der Waals surface area contributed by atoms with Crippen LogP contribution in [-0.4, -0.2) is 56.8 Å². The lowest BCUT2D eigenvalue weighted by molar-refractivity contribution is 0.0268. The highest BCUT2D eigenvalue weighted by atomic mass is 79.9. The Hall–Kier alpha value is -1.28. The monoisotopic (exact) mass is 361 g/mol. The van der Waals surface area contributed by atoms with Gasteiger partial charge in [0.1, 0.15) is 22.4 Å². The van der Waals surface area contributed by atoms with Gasteiger partial charge in [0.05, 0.1) is 19.3 Å². The summed E-state index contributed by atoms with van der Waals surface area (Å²) in [4.78, 5) is 13.4. The standard InChI is InChI=1S/C13H20BrN3O4/c1-13(2,3)21-12(19)17-6-8(18)10(7-17)20-9-5-15-16(4)11(9)14/h5,8,10,18H,6-7H2,1-4H3/t8-,10-/m1/s1. The molecule has 0 aliphatic carbocycles. The molecule has 0 saturated carbocycles. The summed E-state index contributed by atoms with van der Waals surface area (Å²) < 4.78 is 13.3. The largest absolute Gasteiger partial charge is 0.481 e. The van der Waals surface area contributed by atoms with E-state index in [-0.39, 0.29) is 13.1 Å². The van der Waals surface area contributed by atoms with Gasteiger partial charge in [0, 0.05) is 7.05 Å². The summed E-state index contributed by atoms with van der Waals surface area (Å²) in [6.45, 7) is 5.88. The fourth-order valence-electron chi connectivity index (χ4n) is 1.99. The van der Waals surface area contributed by atoms with Crippen molar-refractivity contribution in [1.29, 1.82) is 0 Å². The van der Waals surface area contributed by atoms with Crippen molar-refractivity contribution in [3.05, 3.63) is 10.8 Å². The molecule has 0 bridgehead atoms. The molecule has 0 aromatic carbocycles. The minimum atomic E-state index is -0.760. The van der Waals surface area contributed by atoms with Gasteiger partial charge in [-0.3, -0.25) is 4.68 Å².